The second-order valence-electron chi connectivity index (χ2n) is 4.55. The molecule has 3 rings (SSSR count). The second kappa shape index (κ2) is 5.18. The summed E-state index contributed by atoms with van der Waals surface area (Å²) in [6.07, 6.45) is 1.67. The van der Waals surface area contributed by atoms with Crippen LogP contribution in [-0.4, -0.2) is 41.9 Å². The molecular weight excluding hydrogens is 295 g/mol. The number of fused-ring (bicyclic) bond motifs is 1. The number of nitrogens with zero attached hydrogens (tertiary/aromatic N) is 2. The van der Waals surface area contributed by atoms with E-state index in [4.69, 9.17) is 0 Å². The minimum absolute atomic E-state index is 0.0570. The van der Waals surface area contributed by atoms with Crippen molar-refractivity contribution in [1.82, 2.24) is 13.3 Å². The number of anilines is 1. The van der Waals surface area contributed by atoms with E-state index in [1.165, 1.54) is 0 Å². The molecule has 0 saturated carbocycles. The molecule has 0 radical (unpaired) electrons. The molecule has 18 heavy (non-hydrogen) atoms. The number of carbonyl (C=O) groups is 1. The molecule has 1 aliphatic heterocycles. The molecule has 94 valence electrons. The molecule has 1 aromatic heterocycles. The molecule has 1 aliphatic rings. The van der Waals surface area contributed by atoms with Gasteiger partial charge in [0.2, 0.25) is 0 Å². The van der Waals surface area contributed by atoms with E-state index >= 15 is 0 Å². The van der Waals surface area contributed by atoms with Crippen molar-refractivity contribution < 1.29 is 4.79 Å². The van der Waals surface area contributed by atoms with E-state index in [-0.39, 0.29) is 20.9 Å². The molecule has 1 saturated heterocycles. The number of hydrogen-bond donors (Lipinski definition) is 2. The van der Waals surface area contributed by atoms with Crippen LogP contribution in [0.4, 0.5) is 5.69 Å². The Hall–Kier alpha value is -1.23. The third-order valence-corrected chi connectivity index (χ3v) is 4.33. The van der Waals surface area contributed by atoms with Crippen LogP contribution >= 0.6 is 0 Å². The van der Waals surface area contributed by atoms with Gasteiger partial charge in [-0.3, -0.25) is 0 Å². The van der Waals surface area contributed by atoms with E-state index in [0.29, 0.717) is 12.3 Å². The van der Waals surface area contributed by atoms with Gasteiger partial charge >= 0.3 is 111 Å². The zero-order valence-electron chi connectivity index (χ0n) is 9.85. The first-order valence-corrected chi connectivity index (χ1v) is 7.58. The summed E-state index contributed by atoms with van der Waals surface area (Å²) in [5.74, 6) is 0.541. The molecule has 2 N–H and O–H groups in total. The molecule has 1 amide bonds. The predicted octanol–water partition coefficient (Wildman–Crippen LogP) is 0.625. The molecule has 0 aliphatic carbocycles. The Bertz CT molecular complexity index is 562. The summed E-state index contributed by atoms with van der Waals surface area (Å²) >= 11 is -0.0570. The van der Waals surface area contributed by atoms with Crippen LogP contribution in [0.15, 0.2) is 18.2 Å². The number of nitrogens with one attached hydrogen (secondary N) is 2. The Balaban J connectivity index is 1.71. The van der Waals surface area contributed by atoms with E-state index in [1.54, 1.807) is 0 Å². The Morgan fingerprint density at radius 3 is 3.28 bits per heavy atom. The maximum absolute atomic E-state index is 12.0. The molecule has 2 heterocycles. The molecule has 2 aromatic rings. The average Bonchev–Trinajstić information content (AvgIpc) is 2.99. The van der Waals surface area contributed by atoms with Crippen molar-refractivity contribution >= 4 is 37.6 Å². The average molecular weight is 309 g/mol. The summed E-state index contributed by atoms with van der Waals surface area (Å²) in [6, 6.07) is 5.74. The van der Waals surface area contributed by atoms with E-state index in [1.807, 2.05) is 18.2 Å². The monoisotopic (exact) mass is 310 g/mol. The van der Waals surface area contributed by atoms with Crippen LogP contribution in [0.25, 0.3) is 11.0 Å². The summed E-state index contributed by atoms with van der Waals surface area (Å²) < 4.78 is 8.66. The van der Waals surface area contributed by atoms with Crippen molar-refractivity contribution in [3.8, 4) is 0 Å². The van der Waals surface area contributed by atoms with E-state index < -0.39 is 0 Å². The van der Waals surface area contributed by atoms with Gasteiger partial charge in [0.05, 0.1) is 0 Å². The van der Waals surface area contributed by atoms with Crippen LogP contribution < -0.4 is 10.6 Å². The topological polar surface area (TPSA) is 66.9 Å². The maximum atomic E-state index is 12.0. The number of amides is 1. The number of rotatable bonds is 3. The second-order valence-corrected chi connectivity index (χ2v) is 5.66. The molecule has 6 heteroatoms. The van der Waals surface area contributed by atoms with Crippen LogP contribution in [0, 0.1) is 5.92 Å². The first kappa shape index (κ1) is 11.8. The van der Waals surface area contributed by atoms with Gasteiger partial charge in [-0.05, 0) is 0 Å². The molecule has 1 atom stereocenters. The van der Waals surface area contributed by atoms with Crippen molar-refractivity contribution in [1.29, 1.82) is 0 Å². The normalized spacial score (nSPS) is 19.2. The molecule has 0 spiro atoms. The molecule has 1 unspecified atom stereocenters. The fraction of sp³-hybridized carbons (Fsp3) is 0.417. The zero-order chi connectivity index (χ0) is 12.4. The first-order chi connectivity index (χ1) is 8.83. The van der Waals surface area contributed by atoms with E-state index in [2.05, 4.69) is 18.6 Å². The Morgan fingerprint density at radius 1 is 1.50 bits per heavy atom. The van der Waals surface area contributed by atoms with Gasteiger partial charge in [-0.25, -0.2) is 0 Å². The summed E-state index contributed by atoms with van der Waals surface area (Å²) in [5.41, 5.74) is 2.54. The quantitative estimate of drug-likeness (QED) is 0.816. The van der Waals surface area contributed by atoms with Crippen molar-refractivity contribution in [2.45, 2.75) is 12.8 Å². The van der Waals surface area contributed by atoms with E-state index in [9.17, 15) is 4.79 Å². The van der Waals surface area contributed by atoms with Crippen LogP contribution in [0.1, 0.15) is 12.8 Å². The van der Waals surface area contributed by atoms with Crippen LogP contribution in [0.2, 0.25) is 0 Å². The van der Waals surface area contributed by atoms with Crippen molar-refractivity contribution in [2.24, 2.45) is 5.92 Å². The minimum atomic E-state index is -0.0570. The van der Waals surface area contributed by atoms with Crippen molar-refractivity contribution in [3.05, 3.63) is 18.2 Å². The van der Waals surface area contributed by atoms with Gasteiger partial charge in [0, 0.05) is 0 Å². The predicted molar refractivity (Wildman–Crippen MR) is 70.7 cm³/mol. The molecule has 1 fully saturated rings. The summed E-state index contributed by atoms with van der Waals surface area (Å²) in [4.78, 5) is 12.0. The molecule has 0 bridgehead atoms. The molecular formula is C12H14N4OSe. The van der Waals surface area contributed by atoms with Crippen LogP contribution in [0.3, 0.4) is 0 Å². The van der Waals surface area contributed by atoms with Gasteiger partial charge in [0.15, 0.2) is 0 Å². The number of carbonyl (C=O) groups excluding carboxylic acids is 1. The van der Waals surface area contributed by atoms with Gasteiger partial charge in [0.1, 0.15) is 0 Å². The first-order valence-electron chi connectivity index (χ1n) is 6.05. The van der Waals surface area contributed by atoms with Gasteiger partial charge in [-0.1, -0.05) is 0 Å². The summed E-state index contributed by atoms with van der Waals surface area (Å²) in [6.45, 7) is 1.97. The number of hydrogen-bond acceptors (Lipinski definition) is 4. The van der Waals surface area contributed by atoms with Gasteiger partial charge in [0.25, 0.3) is 0 Å². The fourth-order valence-electron chi connectivity index (χ4n) is 2.26. The van der Waals surface area contributed by atoms with Gasteiger partial charge in [-0.2, -0.15) is 0 Å². The fourth-order valence-corrected chi connectivity index (χ4v) is 3.41. The Kier molecular flexibility index (Phi) is 3.41. The third-order valence-electron chi connectivity index (χ3n) is 3.20. The third kappa shape index (κ3) is 2.46. The van der Waals surface area contributed by atoms with Crippen LogP contribution in [0.5, 0.6) is 0 Å². The number of benzene rings is 1. The molecule has 5 nitrogen and oxygen atoms in total. The van der Waals surface area contributed by atoms with Crippen molar-refractivity contribution in [3.63, 3.8) is 0 Å². The molecule has 1 aromatic carbocycles. The summed E-state index contributed by atoms with van der Waals surface area (Å²) in [7, 11) is 0. The summed E-state index contributed by atoms with van der Waals surface area (Å²) in [5, 5.41) is 6.23. The number of aromatic nitrogens is 2. The van der Waals surface area contributed by atoms with Gasteiger partial charge < -0.3 is 0 Å². The SMILES string of the molecule is O=C(CC1CCNC1)Nc1cccc2n[se]nc12. The zero-order valence-corrected chi connectivity index (χ0v) is 11.6. The van der Waals surface area contributed by atoms with E-state index in [0.717, 1.165) is 36.2 Å². The standard InChI is InChI=1S/C12H14N4OSe/c17-11(6-8-4-5-13-7-8)14-9-2-1-3-10-12(9)16-18-15-10/h1-3,8,13H,4-7H2,(H,14,17). The Morgan fingerprint density at radius 2 is 2.44 bits per heavy atom. The van der Waals surface area contributed by atoms with Crippen molar-refractivity contribution in [2.75, 3.05) is 18.4 Å². The van der Waals surface area contributed by atoms with Gasteiger partial charge in [-0.15, -0.1) is 0 Å². The Labute approximate surface area is 111 Å². The van der Waals surface area contributed by atoms with Crippen LogP contribution in [-0.2, 0) is 4.79 Å².